The Labute approximate surface area is 118 Å². The molecule has 0 amide bonds. The number of oxime groups is 1. The van der Waals surface area contributed by atoms with Gasteiger partial charge < -0.3 is 15.8 Å². The van der Waals surface area contributed by atoms with E-state index in [-0.39, 0.29) is 5.84 Å². The van der Waals surface area contributed by atoms with Crippen LogP contribution < -0.4 is 10.6 Å². The van der Waals surface area contributed by atoms with Crippen molar-refractivity contribution in [1.29, 1.82) is 0 Å². The molecule has 2 saturated heterocycles. The second-order valence-electron chi connectivity index (χ2n) is 5.52. The molecule has 2 fully saturated rings. The number of anilines is 1. The van der Waals surface area contributed by atoms with Crippen molar-refractivity contribution >= 4 is 11.5 Å². The average molecular weight is 275 g/mol. The molecule has 0 saturated carbocycles. The Kier molecular flexibility index (Phi) is 3.73. The standard InChI is InChI=1S/C14H21N5O/c15-14(17-20)13-5-4-11(9-16-13)19-8-7-18-6-2-1-3-12(18)10-19/h4-5,9,12,20H,1-3,6-8,10H2,(H2,15,17). The summed E-state index contributed by atoms with van der Waals surface area (Å²) >= 11 is 0. The van der Waals surface area contributed by atoms with E-state index in [0.717, 1.165) is 25.3 Å². The molecule has 3 N–H and O–H groups in total. The fourth-order valence-corrected chi connectivity index (χ4v) is 3.17. The number of pyridine rings is 1. The second kappa shape index (κ2) is 5.66. The summed E-state index contributed by atoms with van der Waals surface area (Å²) in [6.07, 6.45) is 5.79. The van der Waals surface area contributed by atoms with Crippen LogP contribution in [-0.2, 0) is 0 Å². The number of nitrogens with two attached hydrogens (primary N) is 1. The van der Waals surface area contributed by atoms with Gasteiger partial charge in [0.2, 0.25) is 0 Å². The largest absolute Gasteiger partial charge is 0.409 e. The fraction of sp³-hybridized carbons (Fsp3) is 0.571. The molecule has 1 aromatic rings. The second-order valence-corrected chi connectivity index (χ2v) is 5.52. The van der Waals surface area contributed by atoms with Crippen LogP contribution in [0, 0.1) is 0 Å². The third-order valence-electron chi connectivity index (χ3n) is 4.32. The Morgan fingerprint density at radius 2 is 2.20 bits per heavy atom. The zero-order valence-electron chi connectivity index (χ0n) is 11.6. The minimum Gasteiger partial charge on any atom is -0.409 e. The zero-order valence-corrected chi connectivity index (χ0v) is 11.6. The van der Waals surface area contributed by atoms with Crippen LogP contribution in [0.4, 0.5) is 5.69 Å². The van der Waals surface area contributed by atoms with Gasteiger partial charge in [-0.2, -0.15) is 0 Å². The Hall–Kier alpha value is -1.82. The SMILES string of the molecule is N/C(=N/O)c1ccc(N2CCN3CCCCC3C2)cn1. The van der Waals surface area contributed by atoms with E-state index in [4.69, 9.17) is 10.9 Å². The van der Waals surface area contributed by atoms with E-state index in [1.807, 2.05) is 12.3 Å². The molecule has 2 aliphatic heterocycles. The van der Waals surface area contributed by atoms with Gasteiger partial charge in [0.25, 0.3) is 0 Å². The van der Waals surface area contributed by atoms with Gasteiger partial charge in [0.15, 0.2) is 5.84 Å². The van der Waals surface area contributed by atoms with Crippen molar-refractivity contribution in [2.45, 2.75) is 25.3 Å². The highest BCUT2D eigenvalue weighted by molar-refractivity contribution is 5.95. The van der Waals surface area contributed by atoms with Crippen LogP contribution >= 0.6 is 0 Å². The zero-order chi connectivity index (χ0) is 13.9. The minimum absolute atomic E-state index is 0.0497. The van der Waals surface area contributed by atoms with Crippen molar-refractivity contribution in [3.05, 3.63) is 24.0 Å². The molecule has 0 spiro atoms. The van der Waals surface area contributed by atoms with Crippen LogP contribution in [-0.4, -0.2) is 53.1 Å². The number of hydrogen-bond acceptors (Lipinski definition) is 5. The van der Waals surface area contributed by atoms with Crippen LogP contribution in [0.1, 0.15) is 25.0 Å². The van der Waals surface area contributed by atoms with Crippen LogP contribution in [0.5, 0.6) is 0 Å². The topological polar surface area (TPSA) is 78.0 Å². The van der Waals surface area contributed by atoms with Crippen molar-refractivity contribution in [2.24, 2.45) is 10.9 Å². The predicted octanol–water partition coefficient (Wildman–Crippen LogP) is 0.851. The van der Waals surface area contributed by atoms with E-state index < -0.39 is 0 Å². The van der Waals surface area contributed by atoms with E-state index in [1.165, 1.54) is 25.8 Å². The molecule has 6 heteroatoms. The number of piperazine rings is 1. The third-order valence-corrected chi connectivity index (χ3v) is 4.32. The quantitative estimate of drug-likeness (QED) is 0.362. The van der Waals surface area contributed by atoms with E-state index in [9.17, 15) is 0 Å². The van der Waals surface area contributed by atoms with Crippen LogP contribution in [0.2, 0.25) is 0 Å². The highest BCUT2D eigenvalue weighted by atomic mass is 16.4. The van der Waals surface area contributed by atoms with Crippen molar-refractivity contribution < 1.29 is 5.21 Å². The molecule has 1 aromatic heterocycles. The minimum atomic E-state index is 0.0497. The van der Waals surface area contributed by atoms with Crippen molar-refractivity contribution in [1.82, 2.24) is 9.88 Å². The highest BCUT2D eigenvalue weighted by Crippen LogP contribution is 2.24. The molecule has 0 aliphatic carbocycles. The summed E-state index contributed by atoms with van der Waals surface area (Å²) in [5.41, 5.74) is 7.15. The molecule has 20 heavy (non-hydrogen) atoms. The maximum atomic E-state index is 8.64. The molecule has 3 rings (SSSR count). The summed E-state index contributed by atoms with van der Waals surface area (Å²) in [6, 6.07) is 4.48. The van der Waals surface area contributed by atoms with E-state index in [2.05, 4.69) is 19.9 Å². The maximum Gasteiger partial charge on any atom is 0.188 e. The molecule has 2 aliphatic rings. The monoisotopic (exact) mass is 275 g/mol. The van der Waals surface area contributed by atoms with Crippen LogP contribution in [0.25, 0.3) is 0 Å². The Morgan fingerprint density at radius 1 is 1.30 bits per heavy atom. The average Bonchev–Trinajstić information content (AvgIpc) is 2.54. The van der Waals surface area contributed by atoms with Gasteiger partial charge in [-0.1, -0.05) is 11.6 Å². The molecular formula is C14H21N5O. The first-order valence-electron chi connectivity index (χ1n) is 7.21. The number of rotatable bonds is 2. The first-order chi connectivity index (χ1) is 9.78. The lowest BCUT2D eigenvalue weighted by Gasteiger charge is -2.44. The third kappa shape index (κ3) is 2.56. The number of hydrogen-bond donors (Lipinski definition) is 2. The van der Waals surface area contributed by atoms with Gasteiger partial charge >= 0.3 is 0 Å². The molecule has 1 atom stereocenters. The van der Waals surface area contributed by atoms with Crippen molar-refractivity contribution in [3.8, 4) is 0 Å². The first kappa shape index (κ1) is 13.2. The predicted molar refractivity (Wildman–Crippen MR) is 78.2 cm³/mol. The summed E-state index contributed by atoms with van der Waals surface area (Å²) < 4.78 is 0. The van der Waals surface area contributed by atoms with Gasteiger partial charge in [-0.05, 0) is 31.5 Å². The van der Waals surface area contributed by atoms with Gasteiger partial charge in [0, 0.05) is 25.7 Å². The van der Waals surface area contributed by atoms with Gasteiger partial charge in [0.05, 0.1) is 11.9 Å². The normalized spacial score (nSPS) is 24.5. The van der Waals surface area contributed by atoms with E-state index in [0.29, 0.717) is 11.7 Å². The molecule has 108 valence electrons. The molecule has 1 unspecified atom stereocenters. The summed E-state index contributed by atoms with van der Waals surface area (Å²) in [5, 5.41) is 11.6. The molecule has 0 bridgehead atoms. The Morgan fingerprint density at radius 3 is 2.95 bits per heavy atom. The van der Waals surface area contributed by atoms with Gasteiger partial charge in [-0.3, -0.25) is 9.88 Å². The fourth-order valence-electron chi connectivity index (χ4n) is 3.17. The number of amidine groups is 1. The maximum absolute atomic E-state index is 8.64. The molecule has 0 aromatic carbocycles. The number of fused-ring (bicyclic) bond motifs is 1. The lowest BCUT2D eigenvalue weighted by atomic mass is 9.99. The smallest absolute Gasteiger partial charge is 0.188 e. The number of nitrogens with zero attached hydrogens (tertiary/aromatic N) is 4. The molecule has 3 heterocycles. The van der Waals surface area contributed by atoms with Gasteiger partial charge in [-0.25, -0.2) is 0 Å². The summed E-state index contributed by atoms with van der Waals surface area (Å²) in [5.74, 6) is 0.0497. The van der Waals surface area contributed by atoms with Crippen LogP contribution in [0.15, 0.2) is 23.5 Å². The summed E-state index contributed by atoms with van der Waals surface area (Å²) in [6.45, 7) is 4.50. The lowest BCUT2D eigenvalue weighted by molar-refractivity contribution is 0.133. The number of aromatic nitrogens is 1. The number of piperidine rings is 1. The molecular weight excluding hydrogens is 254 g/mol. The Bertz CT molecular complexity index is 487. The van der Waals surface area contributed by atoms with Crippen molar-refractivity contribution in [3.63, 3.8) is 0 Å². The molecule has 6 nitrogen and oxygen atoms in total. The summed E-state index contributed by atoms with van der Waals surface area (Å²) in [7, 11) is 0. The van der Waals surface area contributed by atoms with Crippen molar-refractivity contribution in [2.75, 3.05) is 31.1 Å². The first-order valence-corrected chi connectivity index (χ1v) is 7.21. The van der Waals surface area contributed by atoms with Gasteiger partial charge in [0.1, 0.15) is 5.69 Å². The Balaban J connectivity index is 1.70. The van der Waals surface area contributed by atoms with E-state index in [1.54, 1.807) is 6.07 Å². The molecule has 0 radical (unpaired) electrons. The lowest BCUT2D eigenvalue weighted by Crippen LogP contribution is -2.54. The van der Waals surface area contributed by atoms with Gasteiger partial charge in [-0.15, -0.1) is 0 Å². The summed E-state index contributed by atoms with van der Waals surface area (Å²) in [4.78, 5) is 9.25. The highest BCUT2D eigenvalue weighted by Gasteiger charge is 2.28. The van der Waals surface area contributed by atoms with Crippen LogP contribution in [0.3, 0.4) is 0 Å². The van der Waals surface area contributed by atoms with E-state index >= 15 is 0 Å².